The quantitative estimate of drug-likeness (QED) is 0.703. The van der Waals surface area contributed by atoms with E-state index in [1.807, 2.05) is 45.9 Å². The summed E-state index contributed by atoms with van der Waals surface area (Å²) in [5.74, 6) is 0.404. The summed E-state index contributed by atoms with van der Waals surface area (Å²) in [7, 11) is -3.86. The van der Waals surface area contributed by atoms with E-state index in [1.165, 1.54) is 0 Å². The van der Waals surface area contributed by atoms with Gasteiger partial charge in [-0.25, -0.2) is 17.9 Å². The standard InChI is InChI=1S/C21H33N3O3S/c1-6-24-13-8-9-17(24)12-14-28(26,27)23-21(25)22-20-18(15(2)3)10-7-11-19(20)16(4)5/h7,10-12,14-17H,6,8-9,13H2,1-5H3,(H2,22,23,25)/b14-12+/t17-/m0/s1. The first-order valence-corrected chi connectivity index (χ1v) is 11.6. The lowest BCUT2D eigenvalue weighted by Crippen LogP contribution is -2.34. The van der Waals surface area contributed by atoms with Gasteiger partial charge >= 0.3 is 6.03 Å². The van der Waals surface area contributed by atoms with E-state index in [4.69, 9.17) is 0 Å². The Bertz CT molecular complexity index is 790. The maximum absolute atomic E-state index is 12.4. The van der Waals surface area contributed by atoms with Crippen LogP contribution in [0, 0.1) is 0 Å². The number of carbonyl (C=O) groups is 1. The number of sulfonamides is 1. The summed E-state index contributed by atoms with van der Waals surface area (Å²) in [6, 6.07) is 5.26. The second kappa shape index (κ2) is 9.56. The third-order valence-electron chi connectivity index (χ3n) is 5.15. The molecule has 1 aliphatic rings. The smallest absolute Gasteiger partial charge is 0.307 e. The number of likely N-dealkylation sites (N-methyl/N-ethyl adjacent to an activating group) is 1. The second-order valence-corrected chi connectivity index (χ2v) is 9.46. The minimum atomic E-state index is -3.86. The van der Waals surface area contributed by atoms with Crippen molar-refractivity contribution in [3.63, 3.8) is 0 Å². The van der Waals surface area contributed by atoms with E-state index in [-0.39, 0.29) is 17.9 Å². The van der Waals surface area contributed by atoms with Gasteiger partial charge in [-0.05, 0) is 48.9 Å². The van der Waals surface area contributed by atoms with Crippen molar-refractivity contribution in [2.45, 2.75) is 65.3 Å². The molecule has 2 amide bonds. The molecule has 1 aromatic rings. The van der Waals surface area contributed by atoms with Gasteiger partial charge in [0, 0.05) is 17.1 Å². The van der Waals surface area contributed by atoms with Crippen molar-refractivity contribution in [2.24, 2.45) is 0 Å². The molecule has 0 aliphatic carbocycles. The van der Waals surface area contributed by atoms with Gasteiger partial charge in [0.25, 0.3) is 10.0 Å². The van der Waals surface area contributed by atoms with Crippen molar-refractivity contribution in [2.75, 3.05) is 18.4 Å². The number of benzene rings is 1. The molecular formula is C21H33N3O3S. The third kappa shape index (κ3) is 5.82. The van der Waals surface area contributed by atoms with Crippen LogP contribution in [-0.4, -0.2) is 38.5 Å². The van der Waals surface area contributed by atoms with Gasteiger partial charge in [-0.1, -0.05) is 58.9 Å². The molecule has 2 rings (SSSR count). The zero-order chi connectivity index (χ0) is 20.9. The fraction of sp³-hybridized carbons (Fsp3) is 0.571. The maximum Gasteiger partial charge on any atom is 0.333 e. The van der Waals surface area contributed by atoms with E-state index in [2.05, 4.69) is 21.9 Å². The van der Waals surface area contributed by atoms with Gasteiger partial charge < -0.3 is 5.32 Å². The van der Waals surface area contributed by atoms with Gasteiger partial charge in [-0.3, -0.25) is 4.90 Å². The van der Waals surface area contributed by atoms with Crippen LogP contribution < -0.4 is 10.0 Å². The molecule has 0 saturated carbocycles. The molecule has 7 heteroatoms. The average Bonchev–Trinajstić information content (AvgIpc) is 3.07. The molecular weight excluding hydrogens is 374 g/mol. The first-order valence-electron chi connectivity index (χ1n) is 10.0. The average molecular weight is 408 g/mol. The summed E-state index contributed by atoms with van der Waals surface area (Å²) < 4.78 is 26.8. The van der Waals surface area contributed by atoms with Crippen molar-refractivity contribution in [1.82, 2.24) is 9.62 Å². The van der Waals surface area contributed by atoms with Gasteiger partial charge in [0.2, 0.25) is 0 Å². The second-order valence-electron chi connectivity index (χ2n) is 7.89. The highest BCUT2D eigenvalue weighted by Crippen LogP contribution is 2.32. The molecule has 1 saturated heterocycles. The Hall–Kier alpha value is -1.86. The zero-order valence-corrected chi connectivity index (χ0v) is 18.3. The lowest BCUT2D eigenvalue weighted by atomic mass is 9.93. The topological polar surface area (TPSA) is 78.5 Å². The Labute approximate surface area is 169 Å². The zero-order valence-electron chi connectivity index (χ0n) is 17.5. The predicted octanol–water partition coefficient (Wildman–Crippen LogP) is 4.38. The Balaban J connectivity index is 2.13. The van der Waals surface area contributed by atoms with Crippen molar-refractivity contribution in [3.8, 4) is 0 Å². The number of urea groups is 1. The van der Waals surface area contributed by atoms with Crippen LogP contribution in [0.1, 0.15) is 70.4 Å². The molecule has 2 N–H and O–H groups in total. The highest BCUT2D eigenvalue weighted by atomic mass is 32.2. The summed E-state index contributed by atoms with van der Waals surface area (Å²) in [6.07, 6.45) is 3.67. The normalized spacial score (nSPS) is 18.3. The monoisotopic (exact) mass is 407 g/mol. The summed E-state index contributed by atoms with van der Waals surface area (Å²) in [5.41, 5.74) is 2.66. The minimum Gasteiger partial charge on any atom is -0.307 e. The number of hydrogen-bond donors (Lipinski definition) is 2. The first kappa shape index (κ1) is 22.4. The molecule has 0 spiro atoms. The molecule has 1 heterocycles. The van der Waals surface area contributed by atoms with Crippen molar-refractivity contribution < 1.29 is 13.2 Å². The predicted molar refractivity (Wildman–Crippen MR) is 115 cm³/mol. The van der Waals surface area contributed by atoms with Gasteiger partial charge in [-0.2, -0.15) is 0 Å². The number of anilines is 1. The van der Waals surface area contributed by atoms with Crippen LogP contribution in [0.2, 0.25) is 0 Å². The molecule has 1 aliphatic heterocycles. The van der Waals surface area contributed by atoms with Crippen LogP contribution >= 0.6 is 0 Å². The summed E-state index contributed by atoms with van der Waals surface area (Å²) in [4.78, 5) is 14.7. The van der Waals surface area contributed by atoms with Crippen molar-refractivity contribution in [3.05, 3.63) is 40.8 Å². The minimum absolute atomic E-state index is 0.110. The lowest BCUT2D eigenvalue weighted by Gasteiger charge is -2.20. The number of nitrogens with one attached hydrogen (secondary N) is 2. The summed E-state index contributed by atoms with van der Waals surface area (Å²) >= 11 is 0. The Morgan fingerprint density at radius 1 is 1.21 bits per heavy atom. The number of carbonyl (C=O) groups excluding carboxylic acids is 1. The van der Waals surface area contributed by atoms with Gasteiger partial charge in [0.15, 0.2) is 0 Å². The SMILES string of the molecule is CCN1CCC[C@H]1/C=C/S(=O)(=O)NC(=O)Nc1c(C(C)C)cccc1C(C)C. The number of para-hydroxylation sites is 1. The molecule has 1 atom stereocenters. The highest BCUT2D eigenvalue weighted by Gasteiger charge is 2.22. The van der Waals surface area contributed by atoms with Crippen LogP contribution in [0.15, 0.2) is 29.7 Å². The lowest BCUT2D eigenvalue weighted by molar-refractivity contribution is 0.256. The largest absolute Gasteiger partial charge is 0.333 e. The van der Waals surface area contributed by atoms with Crippen molar-refractivity contribution in [1.29, 1.82) is 0 Å². The molecule has 6 nitrogen and oxygen atoms in total. The summed E-state index contributed by atoms with van der Waals surface area (Å²) in [5, 5.41) is 3.89. The third-order valence-corrected chi connectivity index (χ3v) is 6.13. The van der Waals surface area contributed by atoms with E-state index in [1.54, 1.807) is 6.08 Å². The molecule has 0 unspecified atom stereocenters. The molecule has 28 heavy (non-hydrogen) atoms. The molecule has 0 radical (unpaired) electrons. The van der Waals surface area contributed by atoms with Crippen LogP contribution in [0.5, 0.6) is 0 Å². The molecule has 0 bridgehead atoms. The molecule has 1 aromatic carbocycles. The number of rotatable bonds is 7. The van der Waals surface area contributed by atoms with E-state index in [0.29, 0.717) is 5.69 Å². The maximum atomic E-state index is 12.4. The fourth-order valence-corrected chi connectivity index (χ4v) is 4.42. The van der Waals surface area contributed by atoms with Crippen LogP contribution in [0.3, 0.4) is 0 Å². The fourth-order valence-electron chi connectivity index (χ4n) is 3.65. The van der Waals surface area contributed by atoms with Gasteiger partial charge in [0.1, 0.15) is 0 Å². The number of likely N-dealkylation sites (tertiary alicyclic amines) is 1. The molecule has 1 fully saturated rings. The number of hydrogen-bond acceptors (Lipinski definition) is 4. The van der Waals surface area contributed by atoms with Crippen LogP contribution in [-0.2, 0) is 10.0 Å². The number of nitrogens with zero attached hydrogens (tertiary/aromatic N) is 1. The van der Waals surface area contributed by atoms with Gasteiger partial charge in [-0.15, -0.1) is 0 Å². The van der Waals surface area contributed by atoms with Gasteiger partial charge in [0.05, 0.1) is 0 Å². The van der Waals surface area contributed by atoms with E-state index in [0.717, 1.165) is 42.5 Å². The van der Waals surface area contributed by atoms with Crippen LogP contribution in [0.25, 0.3) is 0 Å². The molecule has 0 aromatic heterocycles. The first-order chi connectivity index (χ1) is 13.1. The van der Waals surface area contributed by atoms with E-state index < -0.39 is 16.1 Å². The number of amides is 2. The highest BCUT2D eigenvalue weighted by molar-refractivity contribution is 7.92. The Kier molecular flexibility index (Phi) is 7.66. The summed E-state index contributed by atoms with van der Waals surface area (Å²) in [6.45, 7) is 12.1. The molecule has 156 valence electrons. The van der Waals surface area contributed by atoms with Crippen molar-refractivity contribution >= 4 is 21.7 Å². The van der Waals surface area contributed by atoms with Crippen LogP contribution in [0.4, 0.5) is 10.5 Å². The Morgan fingerprint density at radius 3 is 2.36 bits per heavy atom. The Morgan fingerprint density at radius 2 is 1.82 bits per heavy atom. The van der Waals surface area contributed by atoms with E-state index in [9.17, 15) is 13.2 Å². The van der Waals surface area contributed by atoms with E-state index >= 15 is 0 Å².